The SMILES string of the molecule is [O-][S@+](c1sc2nc(-c3cnc(O)nc3)cc3c2c1[nH]n1nccc31)C1CCC1. The summed E-state index contributed by atoms with van der Waals surface area (Å²) in [5, 5.41) is 19.2. The molecule has 6 rings (SSSR count). The molecule has 0 aromatic carbocycles. The van der Waals surface area contributed by atoms with Gasteiger partial charge in [-0.1, -0.05) is 11.3 Å². The third-order valence-corrected chi connectivity index (χ3v) is 8.51. The molecule has 2 N–H and O–H groups in total. The Morgan fingerprint density at radius 2 is 2.11 bits per heavy atom. The molecule has 1 atom stereocenters. The summed E-state index contributed by atoms with van der Waals surface area (Å²) < 4.78 is 15.7. The monoisotopic (exact) mass is 410 g/mol. The molecule has 0 unspecified atom stereocenters. The van der Waals surface area contributed by atoms with Crippen LogP contribution in [0.2, 0.25) is 0 Å². The zero-order valence-corrected chi connectivity index (χ0v) is 16.1. The highest BCUT2D eigenvalue weighted by Crippen LogP contribution is 2.43. The molecule has 0 saturated heterocycles. The van der Waals surface area contributed by atoms with Crippen molar-refractivity contribution < 1.29 is 9.66 Å². The molecule has 5 aromatic heterocycles. The zero-order chi connectivity index (χ0) is 18.8. The van der Waals surface area contributed by atoms with Gasteiger partial charge in [0, 0.05) is 34.5 Å². The van der Waals surface area contributed by atoms with Gasteiger partial charge < -0.3 is 9.66 Å². The summed E-state index contributed by atoms with van der Waals surface area (Å²) in [5.74, 6) is 0. The predicted molar refractivity (Wildman–Crippen MR) is 107 cm³/mol. The Morgan fingerprint density at radius 1 is 1.29 bits per heavy atom. The number of H-pyrrole nitrogens is 1. The number of hydrogen-bond donors (Lipinski definition) is 2. The normalized spacial score (nSPS) is 16.2. The van der Waals surface area contributed by atoms with E-state index in [1.165, 1.54) is 11.3 Å². The molecule has 0 radical (unpaired) electrons. The predicted octanol–water partition coefficient (Wildman–Crippen LogP) is 3.25. The Hall–Kier alpha value is -2.69. The Labute approximate surface area is 165 Å². The topological polar surface area (TPSA) is 115 Å². The second kappa shape index (κ2) is 5.90. The third kappa shape index (κ3) is 2.28. The number of thiophene rings is 1. The third-order valence-electron chi connectivity index (χ3n) is 5.24. The molecule has 1 aliphatic carbocycles. The lowest BCUT2D eigenvalue weighted by molar-refractivity contribution is 0.430. The molecular weight excluding hydrogens is 396 g/mol. The quantitative estimate of drug-likeness (QED) is 0.441. The van der Waals surface area contributed by atoms with Gasteiger partial charge in [0.05, 0.1) is 22.8 Å². The van der Waals surface area contributed by atoms with Crippen LogP contribution in [0.25, 0.3) is 37.9 Å². The summed E-state index contributed by atoms with van der Waals surface area (Å²) in [5.41, 5.74) is 3.17. The van der Waals surface area contributed by atoms with Gasteiger partial charge in [-0.25, -0.2) is 15.0 Å². The molecule has 5 heterocycles. The zero-order valence-electron chi connectivity index (χ0n) is 14.5. The van der Waals surface area contributed by atoms with Gasteiger partial charge in [-0.05, 0) is 31.4 Å². The van der Waals surface area contributed by atoms with E-state index in [2.05, 4.69) is 20.2 Å². The number of pyridine rings is 1. The number of nitrogens with one attached hydrogen (secondary N) is 1. The van der Waals surface area contributed by atoms with Gasteiger partial charge in [0.1, 0.15) is 15.6 Å². The van der Waals surface area contributed by atoms with Crippen molar-refractivity contribution in [3.05, 3.63) is 30.7 Å². The lowest BCUT2D eigenvalue weighted by Gasteiger charge is -2.26. The first-order valence-corrected chi connectivity index (χ1v) is 10.9. The van der Waals surface area contributed by atoms with E-state index in [1.807, 2.05) is 12.1 Å². The van der Waals surface area contributed by atoms with Crippen molar-refractivity contribution in [1.29, 1.82) is 0 Å². The number of hydrogen-bond acceptors (Lipinski definition) is 7. The fourth-order valence-electron chi connectivity index (χ4n) is 3.56. The fourth-order valence-corrected chi connectivity index (χ4v) is 6.83. The largest absolute Gasteiger partial charge is 0.611 e. The van der Waals surface area contributed by atoms with E-state index in [0.29, 0.717) is 11.3 Å². The van der Waals surface area contributed by atoms with Crippen molar-refractivity contribution >= 4 is 49.1 Å². The molecule has 0 spiro atoms. The molecule has 140 valence electrons. The number of rotatable bonds is 3. The average Bonchev–Trinajstić information content (AvgIpc) is 3.27. The van der Waals surface area contributed by atoms with Crippen molar-refractivity contribution in [2.75, 3.05) is 0 Å². The van der Waals surface area contributed by atoms with Crippen LogP contribution in [0.5, 0.6) is 6.01 Å². The van der Waals surface area contributed by atoms with Crippen LogP contribution < -0.4 is 0 Å². The van der Waals surface area contributed by atoms with Gasteiger partial charge in [-0.15, -0.1) is 0 Å². The van der Waals surface area contributed by atoms with E-state index in [0.717, 1.165) is 50.1 Å². The summed E-state index contributed by atoms with van der Waals surface area (Å²) >= 11 is 0.408. The maximum absolute atomic E-state index is 13.1. The van der Waals surface area contributed by atoms with Crippen LogP contribution in [0.15, 0.2) is 34.9 Å². The van der Waals surface area contributed by atoms with E-state index in [4.69, 9.17) is 4.98 Å². The van der Waals surface area contributed by atoms with Gasteiger partial charge in [-0.3, -0.25) is 5.10 Å². The molecule has 0 aliphatic heterocycles. The Kier molecular flexibility index (Phi) is 3.43. The minimum atomic E-state index is -1.06. The molecule has 8 nitrogen and oxygen atoms in total. The smallest absolute Gasteiger partial charge is 0.313 e. The van der Waals surface area contributed by atoms with Crippen molar-refractivity contribution in [2.24, 2.45) is 0 Å². The van der Waals surface area contributed by atoms with Crippen LogP contribution in [0.4, 0.5) is 0 Å². The molecule has 0 amide bonds. The van der Waals surface area contributed by atoms with E-state index >= 15 is 0 Å². The summed E-state index contributed by atoms with van der Waals surface area (Å²) in [6.07, 6.45) is 7.97. The molecule has 10 heteroatoms. The second-order valence-corrected chi connectivity index (χ2v) is 9.79. The molecule has 1 aliphatic rings. The lowest BCUT2D eigenvalue weighted by atomic mass is 10.0. The Balaban J connectivity index is 1.66. The number of aromatic nitrogens is 6. The Bertz CT molecular complexity index is 1340. The minimum absolute atomic E-state index is 0.221. The van der Waals surface area contributed by atoms with E-state index in [9.17, 15) is 9.66 Å². The van der Waals surface area contributed by atoms with Gasteiger partial charge in [-0.2, -0.15) is 9.73 Å². The average molecular weight is 410 g/mol. The lowest BCUT2D eigenvalue weighted by Crippen LogP contribution is -2.28. The van der Waals surface area contributed by atoms with Crippen molar-refractivity contribution in [1.82, 2.24) is 29.8 Å². The van der Waals surface area contributed by atoms with Crippen molar-refractivity contribution in [2.45, 2.75) is 28.7 Å². The van der Waals surface area contributed by atoms with Crippen LogP contribution in [0, 0.1) is 0 Å². The van der Waals surface area contributed by atoms with Crippen LogP contribution in [0.1, 0.15) is 19.3 Å². The maximum atomic E-state index is 13.1. The fraction of sp³-hybridized carbons (Fsp3) is 0.222. The summed E-state index contributed by atoms with van der Waals surface area (Å²) in [6.45, 7) is 0. The molecule has 1 saturated carbocycles. The highest BCUT2D eigenvalue weighted by molar-refractivity contribution is 7.94. The Morgan fingerprint density at radius 3 is 2.86 bits per heavy atom. The van der Waals surface area contributed by atoms with Crippen LogP contribution >= 0.6 is 11.3 Å². The van der Waals surface area contributed by atoms with E-state index in [1.54, 1.807) is 23.2 Å². The van der Waals surface area contributed by atoms with Crippen LogP contribution in [-0.4, -0.2) is 44.7 Å². The van der Waals surface area contributed by atoms with Crippen LogP contribution in [-0.2, 0) is 11.2 Å². The van der Waals surface area contributed by atoms with Gasteiger partial charge in [0.15, 0.2) is 0 Å². The minimum Gasteiger partial charge on any atom is -0.611 e. The summed E-state index contributed by atoms with van der Waals surface area (Å²) in [4.78, 5) is 13.3. The number of fused-ring (bicyclic) bond motifs is 2. The molecule has 28 heavy (non-hydrogen) atoms. The standard InChI is InChI=1S/C18H14N6O2S2/c25-18-19-7-9(8-20-18)12-6-11-13-4-5-21-24(13)23-15-14(11)16(22-12)27-17(15)28(26)10-2-1-3-10/h4-8,10,23H,1-3H2,(H,19,20,25)/t28-/m0/s1. The van der Waals surface area contributed by atoms with Crippen molar-refractivity contribution in [3.63, 3.8) is 0 Å². The first-order valence-electron chi connectivity index (χ1n) is 8.90. The summed E-state index contributed by atoms with van der Waals surface area (Å²) in [6, 6.07) is 3.63. The summed E-state index contributed by atoms with van der Waals surface area (Å²) in [7, 11) is 0. The molecule has 5 aromatic rings. The van der Waals surface area contributed by atoms with E-state index < -0.39 is 11.2 Å². The highest BCUT2D eigenvalue weighted by atomic mass is 32.2. The number of aromatic hydroxyl groups is 1. The molecular formula is C18H14N6O2S2. The second-order valence-electron chi connectivity index (χ2n) is 6.86. The maximum Gasteiger partial charge on any atom is 0.313 e. The van der Waals surface area contributed by atoms with E-state index in [-0.39, 0.29) is 11.3 Å². The van der Waals surface area contributed by atoms with Gasteiger partial charge in [0.25, 0.3) is 0 Å². The van der Waals surface area contributed by atoms with Gasteiger partial charge in [0.2, 0.25) is 4.21 Å². The van der Waals surface area contributed by atoms with Crippen LogP contribution in [0.3, 0.4) is 0 Å². The van der Waals surface area contributed by atoms with Gasteiger partial charge >= 0.3 is 6.01 Å². The molecule has 1 fully saturated rings. The highest BCUT2D eigenvalue weighted by Gasteiger charge is 2.35. The number of nitrogens with zero attached hydrogens (tertiary/aromatic N) is 5. The van der Waals surface area contributed by atoms with Crippen molar-refractivity contribution in [3.8, 4) is 17.3 Å². The first kappa shape index (κ1) is 16.3. The first-order chi connectivity index (χ1) is 13.7. The number of aromatic amines is 1. The molecule has 0 bridgehead atoms.